The Morgan fingerprint density at radius 1 is 1.38 bits per heavy atom. The van der Waals surface area contributed by atoms with Crippen molar-refractivity contribution in [1.82, 2.24) is 4.98 Å². The quantitative estimate of drug-likeness (QED) is 0.802. The van der Waals surface area contributed by atoms with E-state index in [2.05, 4.69) is 4.98 Å². The number of pyridine rings is 1. The number of carboxylic acid groups (broad SMARTS) is 1. The summed E-state index contributed by atoms with van der Waals surface area (Å²) in [5.41, 5.74) is -0.176. The van der Waals surface area contributed by atoms with Gasteiger partial charge in [0.05, 0.1) is 6.42 Å². The number of carbonyl (C=O) groups is 1. The molecule has 1 heterocycles. The number of carboxylic acids is 1. The SMILES string of the molecule is O=C(O)Cc1cc2ccc(F)cc2c(=O)[nH]1. The molecule has 0 saturated heterocycles. The largest absolute Gasteiger partial charge is 0.481 e. The third-order valence-electron chi connectivity index (χ3n) is 2.21. The molecule has 4 nitrogen and oxygen atoms in total. The van der Waals surface area contributed by atoms with Crippen molar-refractivity contribution in [2.45, 2.75) is 6.42 Å². The first-order chi connectivity index (χ1) is 7.56. The molecule has 0 saturated carbocycles. The van der Waals surface area contributed by atoms with Crippen LogP contribution in [0.5, 0.6) is 0 Å². The van der Waals surface area contributed by atoms with Gasteiger partial charge in [0.15, 0.2) is 0 Å². The Hall–Kier alpha value is -2.17. The maximum atomic E-state index is 12.9. The Morgan fingerprint density at radius 2 is 2.12 bits per heavy atom. The third-order valence-corrected chi connectivity index (χ3v) is 2.21. The fourth-order valence-electron chi connectivity index (χ4n) is 1.55. The van der Waals surface area contributed by atoms with Crippen molar-refractivity contribution in [2.24, 2.45) is 0 Å². The van der Waals surface area contributed by atoms with Crippen LogP contribution in [0.4, 0.5) is 4.39 Å². The van der Waals surface area contributed by atoms with Crippen molar-refractivity contribution in [2.75, 3.05) is 0 Å². The summed E-state index contributed by atoms with van der Waals surface area (Å²) >= 11 is 0. The van der Waals surface area contributed by atoms with Gasteiger partial charge in [-0.2, -0.15) is 0 Å². The van der Waals surface area contributed by atoms with Crippen molar-refractivity contribution >= 4 is 16.7 Å². The smallest absolute Gasteiger partial charge is 0.309 e. The van der Waals surface area contributed by atoms with E-state index in [-0.39, 0.29) is 11.8 Å². The molecular weight excluding hydrogens is 213 g/mol. The molecule has 82 valence electrons. The zero-order valence-electron chi connectivity index (χ0n) is 8.16. The topological polar surface area (TPSA) is 70.2 Å². The van der Waals surface area contributed by atoms with Gasteiger partial charge in [-0.05, 0) is 23.6 Å². The second kappa shape index (κ2) is 3.77. The van der Waals surface area contributed by atoms with Crippen molar-refractivity contribution in [3.63, 3.8) is 0 Å². The normalized spacial score (nSPS) is 10.6. The van der Waals surface area contributed by atoms with E-state index in [1.165, 1.54) is 18.2 Å². The Morgan fingerprint density at radius 3 is 2.81 bits per heavy atom. The zero-order chi connectivity index (χ0) is 11.7. The van der Waals surface area contributed by atoms with Crippen molar-refractivity contribution in [3.8, 4) is 0 Å². The second-order valence-electron chi connectivity index (χ2n) is 3.43. The van der Waals surface area contributed by atoms with Crippen LogP contribution in [0.15, 0.2) is 29.1 Å². The predicted octanol–water partition coefficient (Wildman–Crippen LogP) is 1.29. The van der Waals surface area contributed by atoms with Gasteiger partial charge in [-0.1, -0.05) is 6.07 Å². The van der Waals surface area contributed by atoms with E-state index in [4.69, 9.17) is 5.11 Å². The van der Waals surface area contributed by atoms with Gasteiger partial charge in [-0.3, -0.25) is 9.59 Å². The monoisotopic (exact) mass is 221 g/mol. The number of fused-ring (bicyclic) bond motifs is 1. The summed E-state index contributed by atoms with van der Waals surface area (Å²) in [6, 6.07) is 5.33. The summed E-state index contributed by atoms with van der Waals surface area (Å²) in [4.78, 5) is 24.4. The lowest BCUT2D eigenvalue weighted by Gasteiger charge is -2.01. The van der Waals surface area contributed by atoms with E-state index in [0.717, 1.165) is 6.07 Å². The van der Waals surface area contributed by atoms with Crippen molar-refractivity contribution < 1.29 is 14.3 Å². The summed E-state index contributed by atoms with van der Waals surface area (Å²) in [5, 5.41) is 9.34. The van der Waals surface area contributed by atoms with Crippen LogP contribution < -0.4 is 5.56 Å². The second-order valence-corrected chi connectivity index (χ2v) is 3.43. The Balaban J connectivity index is 2.64. The molecule has 1 aromatic carbocycles. The molecular formula is C11H8FNO3. The molecule has 0 aliphatic heterocycles. The fraction of sp³-hybridized carbons (Fsp3) is 0.0909. The lowest BCUT2D eigenvalue weighted by molar-refractivity contribution is -0.136. The maximum absolute atomic E-state index is 12.9. The standard InChI is InChI=1S/C11H8FNO3/c12-7-2-1-6-3-8(5-10(14)15)13-11(16)9(6)4-7/h1-4H,5H2,(H,13,16)(H,14,15). The predicted molar refractivity (Wildman–Crippen MR) is 55.9 cm³/mol. The van der Waals surface area contributed by atoms with Gasteiger partial charge >= 0.3 is 5.97 Å². The summed E-state index contributed by atoms with van der Waals surface area (Å²) < 4.78 is 12.9. The van der Waals surface area contributed by atoms with Crippen LogP contribution in [-0.4, -0.2) is 16.1 Å². The molecule has 1 aromatic heterocycles. The van der Waals surface area contributed by atoms with E-state index < -0.39 is 17.3 Å². The first kappa shape index (κ1) is 10.4. The molecule has 0 bridgehead atoms. The van der Waals surface area contributed by atoms with Crippen LogP contribution in [0, 0.1) is 5.82 Å². The minimum absolute atomic E-state index is 0.217. The highest BCUT2D eigenvalue weighted by Crippen LogP contribution is 2.12. The van der Waals surface area contributed by atoms with Gasteiger partial charge in [-0.15, -0.1) is 0 Å². The summed E-state index contributed by atoms with van der Waals surface area (Å²) in [6.07, 6.45) is -0.261. The minimum atomic E-state index is -1.03. The van der Waals surface area contributed by atoms with E-state index in [0.29, 0.717) is 11.1 Å². The number of halogens is 1. The molecule has 0 amide bonds. The first-order valence-corrected chi connectivity index (χ1v) is 4.59. The molecule has 2 N–H and O–H groups in total. The maximum Gasteiger partial charge on any atom is 0.309 e. The van der Waals surface area contributed by atoms with Crippen LogP contribution in [0.1, 0.15) is 5.69 Å². The number of hydrogen-bond acceptors (Lipinski definition) is 2. The van der Waals surface area contributed by atoms with E-state index in [1.54, 1.807) is 0 Å². The van der Waals surface area contributed by atoms with E-state index in [9.17, 15) is 14.0 Å². The molecule has 0 fully saturated rings. The Labute approximate surface area is 89.3 Å². The minimum Gasteiger partial charge on any atom is -0.481 e. The summed E-state index contributed by atoms with van der Waals surface area (Å²) in [6.45, 7) is 0. The molecule has 5 heteroatoms. The fourth-order valence-corrected chi connectivity index (χ4v) is 1.55. The molecule has 16 heavy (non-hydrogen) atoms. The number of hydrogen-bond donors (Lipinski definition) is 2. The van der Waals surface area contributed by atoms with Gasteiger partial charge in [0.2, 0.25) is 0 Å². The number of aliphatic carboxylic acids is 1. The number of aromatic amines is 1. The van der Waals surface area contributed by atoms with Crippen molar-refractivity contribution in [3.05, 3.63) is 46.1 Å². The highest BCUT2D eigenvalue weighted by atomic mass is 19.1. The van der Waals surface area contributed by atoms with Crippen LogP contribution in [0.2, 0.25) is 0 Å². The van der Waals surface area contributed by atoms with Gasteiger partial charge < -0.3 is 10.1 Å². The molecule has 0 radical (unpaired) electrons. The molecule has 0 spiro atoms. The van der Waals surface area contributed by atoms with E-state index >= 15 is 0 Å². The van der Waals surface area contributed by atoms with E-state index in [1.807, 2.05) is 0 Å². The summed E-state index contributed by atoms with van der Waals surface area (Å²) in [5.74, 6) is -1.53. The number of aromatic nitrogens is 1. The van der Waals surface area contributed by atoms with Gasteiger partial charge in [-0.25, -0.2) is 4.39 Å². The first-order valence-electron chi connectivity index (χ1n) is 4.59. The third kappa shape index (κ3) is 1.93. The average Bonchev–Trinajstić information content (AvgIpc) is 2.18. The highest BCUT2D eigenvalue weighted by Gasteiger charge is 2.06. The molecule has 0 atom stereocenters. The summed E-state index contributed by atoms with van der Waals surface area (Å²) in [7, 11) is 0. The van der Waals surface area contributed by atoms with Crippen LogP contribution in [-0.2, 0) is 11.2 Å². The Bertz CT molecular complexity index is 618. The van der Waals surface area contributed by atoms with Crippen LogP contribution in [0.25, 0.3) is 10.8 Å². The van der Waals surface area contributed by atoms with Crippen LogP contribution in [0.3, 0.4) is 0 Å². The van der Waals surface area contributed by atoms with Crippen LogP contribution >= 0.6 is 0 Å². The highest BCUT2D eigenvalue weighted by molar-refractivity contribution is 5.82. The number of benzene rings is 1. The lowest BCUT2D eigenvalue weighted by Crippen LogP contribution is -2.12. The molecule has 2 aromatic rings. The average molecular weight is 221 g/mol. The Kier molecular flexibility index (Phi) is 2.44. The molecule has 2 rings (SSSR count). The zero-order valence-corrected chi connectivity index (χ0v) is 8.16. The number of rotatable bonds is 2. The number of H-pyrrole nitrogens is 1. The van der Waals surface area contributed by atoms with Gasteiger partial charge in [0.1, 0.15) is 5.82 Å². The lowest BCUT2D eigenvalue weighted by atomic mass is 10.1. The van der Waals surface area contributed by atoms with Gasteiger partial charge in [0, 0.05) is 11.1 Å². The number of nitrogens with one attached hydrogen (secondary N) is 1. The van der Waals surface area contributed by atoms with Gasteiger partial charge in [0.25, 0.3) is 5.56 Å². The van der Waals surface area contributed by atoms with Crippen molar-refractivity contribution in [1.29, 1.82) is 0 Å². The molecule has 0 aliphatic carbocycles. The molecule has 0 unspecified atom stereocenters. The molecule has 0 aliphatic rings.